The molecule has 0 aromatic carbocycles. The Labute approximate surface area is 182 Å². The molecule has 2 N–H and O–H groups in total. The monoisotopic (exact) mass is 501 g/mol. The number of aromatic nitrogens is 1. The molecule has 27 heavy (non-hydrogen) atoms. The summed E-state index contributed by atoms with van der Waals surface area (Å²) in [4.78, 5) is 12.6. The molecule has 8 heteroatoms. The van der Waals surface area contributed by atoms with Crippen LogP contribution in [0.3, 0.4) is 0 Å². The summed E-state index contributed by atoms with van der Waals surface area (Å²) in [6.45, 7) is 3.79. The Morgan fingerprint density at radius 3 is 2.78 bits per heavy atom. The minimum atomic E-state index is 0. The minimum absolute atomic E-state index is 0. The van der Waals surface area contributed by atoms with Gasteiger partial charge in [0.15, 0.2) is 5.96 Å². The molecule has 3 heterocycles. The summed E-state index contributed by atoms with van der Waals surface area (Å²) in [5, 5.41) is 8.99. The molecule has 1 saturated heterocycles. The molecule has 1 aliphatic heterocycles. The van der Waals surface area contributed by atoms with E-state index in [9.17, 15) is 0 Å². The van der Waals surface area contributed by atoms with Gasteiger partial charge in [-0.2, -0.15) is 0 Å². The number of pyridine rings is 1. The van der Waals surface area contributed by atoms with Crippen LogP contribution in [0.15, 0.2) is 40.8 Å². The average molecular weight is 501 g/mol. The molecule has 1 aliphatic rings. The highest BCUT2D eigenvalue weighted by atomic mass is 127. The molecule has 1 fully saturated rings. The van der Waals surface area contributed by atoms with E-state index in [0.29, 0.717) is 18.5 Å². The fourth-order valence-electron chi connectivity index (χ4n) is 3.28. The van der Waals surface area contributed by atoms with Gasteiger partial charge >= 0.3 is 0 Å². The molecule has 2 aromatic heterocycles. The van der Waals surface area contributed by atoms with Crippen LogP contribution in [0.25, 0.3) is 0 Å². The number of nitrogens with one attached hydrogen (secondary N) is 2. The average Bonchev–Trinajstić information content (AvgIpc) is 3.39. The number of hydrogen-bond acceptors (Lipinski definition) is 5. The van der Waals surface area contributed by atoms with Gasteiger partial charge in [0.25, 0.3) is 0 Å². The Hall–Kier alpha value is -1.39. The molecule has 0 radical (unpaired) electrons. The van der Waals surface area contributed by atoms with Crippen LogP contribution in [0, 0.1) is 0 Å². The van der Waals surface area contributed by atoms with Crippen molar-refractivity contribution < 1.29 is 4.74 Å². The Morgan fingerprint density at radius 2 is 2.11 bits per heavy atom. The second-order valence-corrected chi connectivity index (χ2v) is 7.23. The van der Waals surface area contributed by atoms with Crippen LogP contribution < -0.4 is 15.4 Å². The Balaban J connectivity index is 0.00000261. The largest absolute Gasteiger partial charge is 0.481 e. The van der Waals surface area contributed by atoms with Gasteiger partial charge in [0.1, 0.15) is 0 Å². The number of guanidine groups is 1. The van der Waals surface area contributed by atoms with Crippen LogP contribution in [-0.4, -0.2) is 49.6 Å². The second kappa shape index (κ2) is 11.5. The van der Waals surface area contributed by atoms with Crippen molar-refractivity contribution in [2.45, 2.75) is 25.4 Å². The molecule has 3 rings (SSSR count). The van der Waals surface area contributed by atoms with Crippen LogP contribution in [0.4, 0.5) is 0 Å². The first kappa shape index (κ1) is 21.9. The molecular formula is C19H28IN5OS. The molecule has 6 nitrogen and oxygen atoms in total. The van der Waals surface area contributed by atoms with Gasteiger partial charge in [-0.1, -0.05) is 12.1 Å². The number of rotatable bonds is 7. The summed E-state index contributed by atoms with van der Waals surface area (Å²) in [5.41, 5.74) is 1.01. The highest BCUT2D eigenvalue weighted by Gasteiger charge is 2.24. The van der Waals surface area contributed by atoms with E-state index in [1.165, 1.54) is 30.8 Å². The number of methoxy groups -OCH3 is 1. The number of thiophene rings is 1. The van der Waals surface area contributed by atoms with E-state index < -0.39 is 0 Å². The maximum Gasteiger partial charge on any atom is 0.218 e. The number of ether oxygens (including phenoxy) is 1. The lowest BCUT2D eigenvalue weighted by Crippen LogP contribution is -2.42. The van der Waals surface area contributed by atoms with Crippen molar-refractivity contribution >= 4 is 41.3 Å². The molecule has 1 unspecified atom stereocenters. The number of likely N-dealkylation sites (tertiary alicyclic amines) is 1. The van der Waals surface area contributed by atoms with Crippen LogP contribution in [0.1, 0.15) is 29.3 Å². The SMILES string of the molecule is CN=C(NCc1cccnc1OC)NCC(c1cccs1)N1CCCC1.I. The third-order valence-electron chi connectivity index (χ3n) is 4.63. The molecule has 1 atom stereocenters. The molecule has 2 aromatic rings. The van der Waals surface area contributed by atoms with Gasteiger partial charge in [-0.25, -0.2) is 4.98 Å². The highest BCUT2D eigenvalue weighted by Crippen LogP contribution is 2.27. The van der Waals surface area contributed by atoms with Crippen molar-refractivity contribution in [3.63, 3.8) is 0 Å². The highest BCUT2D eigenvalue weighted by molar-refractivity contribution is 14.0. The summed E-state index contributed by atoms with van der Waals surface area (Å²) in [5.74, 6) is 1.43. The van der Waals surface area contributed by atoms with Crippen LogP contribution in [0.2, 0.25) is 0 Å². The zero-order chi connectivity index (χ0) is 18.2. The van der Waals surface area contributed by atoms with Crippen molar-refractivity contribution in [1.82, 2.24) is 20.5 Å². The zero-order valence-electron chi connectivity index (χ0n) is 15.9. The maximum atomic E-state index is 5.31. The van der Waals surface area contributed by atoms with Crippen LogP contribution in [0.5, 0.6) is 5.88 Å². The molecule has 0 amide bonds. The van der Waals surface area contributed by atoms with Crippen molar-refractivity contribution in [1.29, 1.82) is 0 Å². The topological polar surface area (TPSA) is 61.8 Å². The molecular weight excluding hydrogens is 473 g/mol. The normalized spacial score (nSPS) is 15.9. The van der Waals surface area contributed by atoms with E-state index >= 15 is 0 Å². The third-order valence-corrected chi connectivity index (χ3v) is 5.60. The lowest BCUT2D eigenvalue weighted by Gasteiger charge is -2.27. The number of hydrogen-bond donors (Lipinski definition) is 2. The summed E-state index contributed by atoms with van der Waals surface area (Å²) in [7, 11) is 3.44. The maximum absolute atomic E-state index is 5.31. The van der Waals surface area contributed by atoms with E-state index in [2.05, 4.69) is 43.0 Å². The van der Waals surface area contributed by atoms with Crippen molar-refractivity contribution in [3.8, 4) is 5.88 Å². The van der Waals surface area contributed by atoms with Crippen molar-refractivity contribution in [2.24, 2.45) is 4.99 Å². The first-order valence-electron chi connectivity index (χ1n) is 9.01. The first-order chi connectivity index (χ1) is 12.8. The zero-order valence-corrected chi connectivity index (χ0v) is 19.0. The molecule has 0 saturated carbocycles. The van der Waals surface area contributed by atoms with Gasteiger partial charge in [-0.05, 0) is 43.4 Å². The predicted octanol–water partition coefficient (Wildman–Crippen LogP) is 3.27. The van der Waals surface area contributed by atoms with Crippen LogP contribution in [-0.2, 0) is 6.54 Å². The number of nitrogens with zero attached hydrogens (tertiary/aromatic N) is 3. The van der Waals surface area contributed by atoms with Gasteiger partial charge in [0.2, 0.25) is 5.88 Å². The van der Waals surface area contributed by atoms with E-state index in [0.717, 1.165) is 18.1 Å². The Bertz CT molecular complexity index is 704. The van der Waals surface area contributed by atoms with E-state index in [1.807, 2.05) is 23.5 Å². The number of aliphatic imine (C=N–C) groups is 1. The van der Waals surface area contributed by atoms with Crippen molar-refractivity contribution in [2.75, 3.05) is 33.8 Å². The van der Waals surface area contributed by atoms with Crippen LogP contribution >= 0.6 is 35.3 Å². The number of halogens is 1. The molecule has 0 bridgehead atoms. The summed E-state index contributed by atoms with van der Waals surface area (Å²) >= 11 is 1.83. The van der Waals surface area contributed by atoms with Crippen molar-refractivity contribution in [3.05, 3.63) is 46.3 Å². The lowest BCUT2D eigenvalue weighted by atomic mass is 10.2. The fourth-order valence-corrected chi connectivity index (χ4v) is 4.14. The van der Waals surface area contributed by atoms with E-state index in [1.54, 1.807) is 20.4 Å². The first-order valence-corrected chi connectivity index (χ1v) is 9.89. The van der Waals surface area contributed by atoms with E-state index in [4.69, 9.17) is 4.74 Å². The lowest BCUT2D eigenvalue weighted by molar-refractivity contribution is 0.249. The Morgan fingerprint density at radius 1 is 1.30 bits per heavy atom. The third kappa shape index (κ3) is 6.05. The van der Waals surface area contributed by atoms with Gasteiger partial charge < -0.3 is 15.4 Å². The fraction of sp³-hybridized carbons (Fsp3) is 0.474. The standard InChI is InChI=1S/C19H27N5OS.HI/c1-20-19(22-13-15-7-5-9-21-18(15)25-2)23-14-16(17-8-6-12-26-17)24-10-3-4-11-24;/h5-9,12,16H,3-4,10-11,13-14H2,1-2H3,(H2,20,22,23);1H. The minimum Gasteiger partial charge on any atom is -0.481 e. The summed E-state index contributed by atoms with van der Waals surface area (Å²) in [6.07, 6.45) is 4.31. The smallest absolute Gasteiger partial charge is 0.218 e. The molecule has 148 valence electrons. The predicted molar refractivity (Wildman–Crippen MR) is 122 cm³/mol. The summed E-state index contributed by atoms with van der Waals surface area (Å²) < 4.78 is 5.31. The summed E-state index contributed by atoms with van der Waals surface area (Å²) in [6, 6.07) is 8.67. The van der Waals surface area contributed by atoms with E-state index in [-0.39, 0.29) is 24.0 Å². The van der Waals surface area contributed by atoms with Gasteiger partial charge in [0.05, 0.1) is 13.2 Å². The second-order valence-electron chi connectivity index (χ2n) is 6.25. The van der Waals surface area contributed by atoms with Gasteiger partial charge in [0, 0.05) is 36.8 Å². The molecule has 0 aliphatic carbocycles. The molecule has 0 spiro atoms. The quantitative estimate of drug-likeness (QED) is 0.347. The Kier molecular flexibility index (Phi) is 9.29. The van der Waals surface area contributed by atoms with Gasteiger partial charge in [-0.3, -0.25) is 9.89 Å². The van der Waals surface area contributed by atoms with Gasteiger partial charge in [-0.15, -0.1) is 35.3 Å².